The number of phosphoric acid groups is 1. The molecule has 0 aliphatic heterocycles. The Balaban J connectivity index is 3.76. The Hall–Kier alpha value is -1.77. The predicted octanol–water partition coefficient (Wildman–Crippen LogP) is 20.4. The van der Waals surface area contributed by atoms with Gasteiger partial charge in [-0.15, -0.1) is 0 Å². The Morgan fingerprint density at radius 1 is 0.405 bits per heavy atom. The van der Waals surface area contributed by atoms with Crippen LogP contribution in [-0.4, -0.2) is 49.3 Å². The lowest BCUT2D eigenvalue weighted by molar-refractivity contribution is -0.161. The van der Waals surface area contributed by atoms with E-state index in [1.807, 2.05) is 0 Å². The molecule has 2 atom stereocenters. The molecule has 74 heavy (non-hydrogen) atoms. The monoisotopic (exact) mass is 1060 g/mol. The number of hydrogen-bond acceptors (Lipinski definition) is 8. The van der Waals surface area contributed by atoms with Crippen LogP contribution in [0.2, 0.25) is 0 Å². The summed E-state index contributed by atoms with van der Waals surface area (Å²) in [7, 11) is -4.39. The molecule has 3 N–H and O–H groups in total. The van der Waals surface area contributed by atoms with Crippen molar-refractivity contribution >= 4 is 19.8 Å². The normalized spacial score (nSPS) is 13.2. The van der Waals surface area contributed by atoms with E-state index >= 15 is 0 Å². The quantitative estimate of drug-likeness (QED) is 0.0264. The Morgan fingerprint density at radius 2 is 0.703 bits per heavy atom. The minimum atomic E-state index is -4.39. The number of unbranched alkanes of at least 4 members (excludes halogenated alkanes) is 42. The zero-order valence-corrected chi connectivity index (χ0v) is 49.7. The summed E-state index contributed by atoms with van der Waals surface area (Å²) in [5, 5.41) is 0. The summed E-state index contributed by atoms with van der Waals surface area (Å²) in [5.74, 6) is -0.829. The molecule has 0 aliphatic carbocycles. The molecule has 0 saturated heterocycles. The number of phosphoric ester groups is 1. The number of hydrogen-bond donors (Lipinski definition) is 2. The molecule has 10 heteroatoms. The molecule has 0 saturated carbocycles. The zero-order valence-electron chi connectivity index (χ0n) is 48.8. The first-order valence-electron chi connectivity index (χ1n) is 32.0. The predicted molar refractivity (Wildman–Crippen MR) is 317 cm³/mol. The molecule has 0 spiro atoms. The van der Waals surface area contributed by atoms with Crippen LogP contribution in [0.25, 0.3) is 0 Å². The van der Waals surface area contributed by atoms with Gasteiger partial charge < -0.3 is 20.1 Å². The van der Waals surface area contributed by atoms with Crippen LogP contribution in [0, 0.1) is 0 Å². The fraction of sp³-hybridized carbons (Fsp3) is 0.875. The van der Waals surface area contributed by atoms with Crippen LogP contribution in [0.3, 0.4) is 0 Å². The van der Waals surface area contributed by atoms with E-state index < -0.39 is 26.5 Å². The van der Waals surface area contributed by atoms with E-state index in [1.165, 1.54) is 238 Å². The maximum absolute atomic E-state index is 12.7. The van der Waals surface area contributed by atoms with Crippen LogP contribution in [0.15, 0.2) is 36.5 Å². The van der Waals surface area contributed by atoms with Gasteiger partial charge in [-0.1, -0.05) is 281 Å². The third-order valence-electron chi connectivity index (χ3n) is 14.2. The molecular formula is C64H122NO8P. The Labute approximate surface area is 458 Å². The van der Waals surface area contributed by atoms with E-state index in [0.29, 0.717) is 6.42 Å². The average molecular weight is 1060 g/mol. The summed E-state index contributed by atoms with van der Waals surface area (Å²) in [6, 6.07) is 0. The number of ether oxygens (including phenoxy) is 2. The van der Waals surface area contributed by atoms with Gasteiger partial charge in [-0.3, -0.25) is 18.6 Å². The minimum absolute atomic E-state index is 0.0522. The highest BCUT2D eigenvalue weighted by atomic mass is 31.2. The van der Waals surface area contributed by atoms with Gasteiger partial charge in [0.05, 0.1) is 13.2 Å². The van der Waals surface area contributed by atoms with Gasteiger partial charge in [0.15, 0.2) is 6.10 Å². The molecule has 2 unspecified atom stereocenters. The van der Waals surface area contributed by atoms with E-state index in [9.17, 15) is 19.0 Å². The second-order valence-corrected chi connectivity index (χ2v) is 23.1. The fourth-order valence-electron chi connectivity index (χ4n) is 9.49. The van der Waals surface area contributed by atoms with E-state index in [2.05, 4.69) is 50.3 Å². The van der Waals surface area contributed by atoms with Crippen LogP contribution in [0.5, 0.6) is 0 Å². The second kappa shape index (κ2) is 60.5. The van der Waals surface area contributed by atoms with Crippen molar-refractivity contribution in [1.82, 2.24) is 0 Å². The largest absolute Gasteiger partial charge is 0.472 e. The summed E-state index contributed by atoms with van der Waals surface area (Å²) in [6.07, 6.45) is 73.9. The summed E-state index contributed by atoms with van der Waals surface area (Å²) in [5.41, 5.74) is 5.38. The van der Waals surface area contributed by atoms with Crippen LogP contribution in [0.4, 0.5) is 0 Å². The standard InChI is InChI=1S/C64H122NO8P/c1-3-5-7-9-11-13-15-17-19-21-22-23-24-25-26-27-28-29-30-31-32-33-34-35-36-37-38-39-40-41-43-44-46-48-50-52-54-56-63(66)70-60-62(61-72-74(68,69)71-59-58-65)73-64(67)57-55-53-51-49-47-45-42-20-18-16-14-12-10-8-6-4-2/h14,16,20-22,42,62H,3-13,15,17-19,23-41,43-61,65H2,1-2H3,(H,68,69)/b16-14-,22-21-,42-20-. The molecule has 0 heterocycles. The highest BCUT2D eigenvalue weighted by Crippen LogP contribution is 2.43. The molecule has 0 amide bonds. The molecule has 0 aromatic heterocycles. The highest BCUT2D eigenvalue weighted by molar-refractivity contribution is 7.47. The summed E-state index contributed by atoms with van der Waals surface area (Å²) < 4.78 is 33.0. The lowest BCUT2D eigenvalue weighted by Crippen LogP contribution is -2.29. The molecule has 0 aliphatic rings. The van der Waals surface area contributed by atoms with Crippen molar-refractivity contribution < 1.29 is 37.6 Å². The first-order chi connectivity index (χ1) is 36.3. The molecule has 0 bridgehead atoms. The summed E-state index contributed by atoms with van der Waals surface area (Å²) in [4.78, 5) is 35.2. The molecule has 0 rings (SSSR count). The van der Waals surface area contributed by atoms with Crippen LogP contribution in [-0.2, 0) is 32.7 Å². The van der Waals surface area contributed by atoms with Crippen LogP contribution < -0.4 is 5.73 Å². The lowest BCUT2D eigenvalue weighted by atomic mass is 10.0. The van der Waals surface area contributed by atoms with Crippen molar-refractivity contribution in [2.75, 3.05) is 26.4 Å². The van der Waals surface area contributed by atoms with Gasteiger partial charge in [-0.25, -0.2) is 4.57 Å². The number of rotatable bonds is 61. The summed E-state index contributed by atoms with van der Waals surface area (Å²) >= 11 is 0. The number of carbonyl (C=O) groups excluding carboxylic acids is 2. The first kappa shape index (κ1) is 72.2. The third kappa shape index (κ3) is 59.5. The topological polar surface area (TPSA) is 134 Å². The third-order valence-corrected chi connectivity index (χ3v) is 15.2. The molecule has 0 fully saturated rings. The van der Waals surface area contributed by atoms with E-state index in [4.69, 9.17) is 24.3 Å². The van der Waals surface area contributed by atoms with Crippen molar-refractivity contribution in [3.05, 3.63) is 36.5 Å². The van der Waals surface area contributed by atoms with Crippen molar-refractivity contribution in [1.29, 1.82) is 0 Å². The highest BCUT2D eigenvalue weighted by Gasteiger charge is 2.26. The smallest absolute Gasteiger partial charge is 0.462 e. The SMILES string of the molecule is CCCCCC/C=C\C/C=C\CCCCCCCC(=O)OC(COC(=O)CCCCCCCCCCCCCCCCCCCCCCCCCCC/C=C\CCCCCCCCCC)COP(=O)(O)OCCN. The van der Waals surface area contributed by atoms with Crippen molar-refractivity contribution in [3.63, 3.8) is 0 Å². The minimum Gasteiger partial charge on any atom is -0.462 e. The molecule has 0 aromatic rings. The van der Waals surface area contributed by atoms with Crippen molar-refractivity contribution in [2.24, 2.45) is 5.73 Å². The Kier molecular flexibility index (Phi) is 59.0. The number of allylic oxidation sites excluding steroid dienone is 6. The van der Waals surface area contributed by atoms with Gasteiger partial charge >= 0.3 is 19.8 Å². The number of esters is 2. The van der Waals surface area contributed by atoms with E-state index in [0.717, 1.165) is 57.8 Å². The molecule has 0 radical (unpaired) electrons. The van der Waals surface area contributed by atoms with Crippen LogP contribution in [0.1, 0.15) is 328 Å². The van der Waals surface area contributed by atoms with Crippen molar-refractivity contribution in [2.45, 2.75) is 335 Å². The molecule has 0 aromatic carbocycles. The van der Waals surface area contributed by atoms with Gasteiger partial charge in [0.1, 0.15) is 6.61 Å². The van der Waals surface area contributed by atoms with Crippen molar-refractivity contribution in [3.8, 4) is 0 Å². The molecule has 436 valence electrons. The maximum atomic E-state index is 12.7. The van der Waals surface area contributed by atoms with Gasteiger partial charge in [-0.2, -0.15) is 0 Å². The van der Waals surface area contributed by atoms with E-state index in [-0.39, 0.29) is 38.6 Å². The number of nitrogens with two attached hydrogens (primary N) is 1. The van der Waals surface area contributed by atoms with Gasteiger partial charge in [0.2, 0.25) is 0 Å². The van der Waals surface area contributed by atoms with Gasteiger partial charge in [0, 0.05) is 19.4 Å². The van der Waals surface area contributed by atoms with E-state index in [1.54, 1.807) is 0 Å². The molecule has 9 nitrogen and oxygen atoms in total. The Bertz CT molecular complexity index is 1310. The number of carbonyl (C=O) groups is 2. The Morgan fingerprint density at radius 3 is 1.05 bits per heavy atom. The second-order valence-electron chi connectivity index (χ2n) is 21.6. The van der Waals surface area contributed by atoms with Crippen LogP contribution >= 0.6 is 7.82 Å². The summed E-state index contributed by atoms with van der Waals surface area (Å²) in [6.45, 7) is 3.75. The van der Waals surface area contributed by atoms with Gasteiger partial charge in [0.25, 0.3) is 0 Å². The van der Waals surface area contributed by atoms with Gasteiger partial charge in [-0.05, 0) is 70.6 Å². The first-order valence-corrected chi connectivity index (χ1v) is 33.5. The zero-order chi connectivity index (χ0) is 53.8. The lowest BCUT2D eigenvalue weighted by Gasteiger charge is -2.19. The average Bonchev–Trinajstić information content (AvgIpc) is 3.39. The fourth-order valence-corrected chi connectivity index (χ4v) is 10.3. The maximum Gasteiger partial charge on any atom is 0.472 e. The molecular weight excluding hydrogens is 942 g/mol.